The number of halogens is 3. The fraction of sp³-hybridized carbons (Fsp3) is 0.240. The van der Waals surface area contributed by atoms with Gasteiger partial charge in [-0.05, 0) is 42.8 Å². The van der Waals surface area contributed by atoms with E-state index in [1.54, 1.807) is 45.3 Å². The lowest BCUT2D eigenvalue weighted by Crippen LogP contribution is -2.47. The summed E-state index contributed by atoms with van der Waals surface area (Å²) in [5, 5.41) is 23.9. The van der Waals surface area contributed by atoms with Gasteiger partial charge in [0.2, 0.25) is 5.95 Å². The number of primary amides is 1. The number of nitrogens with two attached hydrogens (primary N) is 1. The number of fused-ring (bicyclic) bond motifs is 1. The molecule has 37 heavy (non-hydrogen) atoms. The molecule has 188 valence electrons. The topological polar surface area (TPSA) is 125 Å². The minimum Gasteiger partial charge on any atom is -0.365 e. The molecule has 1 atom stereocenters. The summed E-state index contributed by atoms with van der Waals surface area (Å²) in [6.45, 7) is 1.49. The molecule has 0 bridgehead atoms. The van der Waals surface area contributed by atoms with Crippen LogP contribution in [0.1, 0.15) is 29.7 Å². The highest BCUT2D eigenvalue weighted by atomic mass is 19.4. The van der Waals surface area contributed by atoms with Crippen molar-refractivity contribution in [3.05, 3.63) is 76.5 Å². The summed E-state index contributed by atoms with van der Waals surface area (Å²) < 4.78 is 41.9. The molecule has 0 unspecified atom stereocenters. The number of benzene rings is 2. The van der Waals surface area contributed by atoms with Crippen molar-refractivity contribution in [2.75, 3.05) is 25.5 Å². The number of quaternary nitrogens is 1. The molecule has 0 fully saturated rings. The summed E-state index contributed by atoms with van der Waals surface area (Å²) in [6, 6.07) is 14.7. The van der Waals surface area contributed by atoms with E-state index in [9.17, 15) is 28.5 Å². The van der Waals surface area contributed by atoms with Crippen LogP contribution in [0.3, 0.4) is 0 Å². The van der Waals surface area contributed by atoms with Crippen LogP contribution in [0, 0.1) is 22.7 Å². The average Bonchev–Trinajstić information content (AvgIpc) is 3.28. The third kappa shape index (κ3) is 4.62. The van der Waals surface area contributed by atoms with Gasteiger partial charge in [-0.3, -0.25) is 14.2 Å². The second kappa shape index (κ2) is 9.08. The van der Waals surface area contributed by atoms with Gasteiger partial charge in [0.1, 0.15) is 6.04 Å². The van der Waals surface area contributed by atoms with Gasteiger partial charge in [-0.1, -0.05) is 23.3 Å². The molecule has 1 amide bonds. The number of hydrogen-bond donors (Lipinski definition) is 1. The predicted molar refractivity (Wildman–Crippen MR) is 129 cm³/mol. The van der Waals surface area contributed by atoms with Crippen molar-refractivity contribution in [1.82, 2.24) is 19.2 Å². The quantitative estimate of drug-likeness (QED) is 0.525. The standard InChI is InChI=1S/C25H21F3N8O/c1-15-20(13-30)22(17-9-7-16(12-29)8-10-17)35-24(32-23(33-35)36(2,3)14-21(31)37)34(15)19-6-4-5-18(11-19)25(26,27)28/h4-11,22H,14H2,1-3H3,(H-,31,37)/p+1/t22-/m1/s1. The summed E-state index contributed by atoms with van der Waals surface area (Å²) in [4.78, 5) is 17.8. The molecule has 0 spiro atoms. The van der Waals surface area contributed by atoms with E-state index in [-0.39, 0.29) is 34.2 Å². The lowest BCUT2D eigenvalue weighted by molar-refractivity contribution is -0.137. The zero-order chi connectivity index (χ0) is 27.1. The van der Waals surface area contributed by atoms with E-state index in [1.165, 1.54) is 21.7 Å². The second-order valence-electron chi connectivity index (χ2n) is 9.10. The van der Waals surface area contributed by atoms with E-state index in [1.807, 2.05) is 6.07 Å². The smallest absolute Gasteiger partial charge is 0.365 e. The van der Waals surface area contributed by atoms with Crippen LogP contribution in [0.25, 0.3) is 0 Å². The number of rotatable bonds is 5. The molecule has 0 saturated heterocycles. The zero-order valence-electron chi connectivity index (χ0n) is 20.2. The van der Waals surface area contributed by atoms with E-state index in [4.69, 9.17) is 5.73 Å². The number of nitriles is 2. The van der Waals surface area contributed by atoms with E-state index < -0.39 is 23.7 Å². The number of likely N-dealkylation sites (N-methyl/N-ethyl adjacent to an activating group) is 1. The molecule has 3 aromatic rings. The normalized spacial score (nSPS) is 15.7. The molecular formula is C25H22F3N8O+. The number of hydrogen-bond acceptors (Lipinski definition) is 6. The molecule has 0 radical (unpaired) electrons. The summed E-state index contributed by atoms with van der Waals surface area (Å²) in [5.41, 5.74) is 6.32. The maximum absolute atomic E-state index is 13.5. The van der Waals surface area contributed by atoms with Crippen molar-refractivity contribution < 1.29 is 18.0 Å². The third-order valence-corrected chi connectivity index (χ3v) is 6.05. The van der Waals surface area contributed by atoms with Crippen LogP contribution >= 0.6 is 0 Å². The highest BCUT2D eigenvalue weighted by molar-refractivity contribution is 5.78. The molecule has 2 aromatic carbocycles. The van der Waals surface area contributed by atoms with Crippen LogP contribution in [0.4, 0.5) is 30.8 Å². The van der Waals surface area contributed by atoms with Crippen molar-refractivity contribution in [3.63, 3.8) is 0 Å². The Labute approximate surface area is 210 Å². The van der Waals surface area contributed by atoms with Gasteiger partial charge < -0.3 is 5.73 Å². The fourth-order valence-corrected chi connectivity index (χ4v) is 4.26. The SMILES string of the molecule is CC1=C(C#N)[C@@H](c2ccc(C#N)cc2)n2nc([N+](C)(C)CC(N)=O)nc2N1c1cccc(C(F)(F)F)c1. The van der Waals surface area contributed by atoms with Crippen molar-refractivity contribution in [1.29, 1.82) is 10.5 Å². The largest absolute Gasteiger partial charge is 0.416 e. The molecule has 1 aromatic heterocycles. The van der Waals surface area contributed by atoms with Gasteiger partial charge in [-0.25, -0.2) is 4.68 Å². The molecule has 9 nitrogen and oxygen atoms in total. The fourth-order valence-electron chi connectivity index (χ4n) is 4.26. The minimum absolute atomic E-state index is 0.132. The van der Waals surface area contributed by atoms with E-state index in [0.717, 1.165) is 12.1 Å². The van der Waals surface area contributed by atoms with Crippen LogP contribution in [0.15, 0.2) is 59.8 Å². The van der Waals surface area contributed by atoms with Crippen molar-refractivity contribution in [3.8, 4) is 12.1 Å². The number of carbonyl (C=O) groups is 1. The summed E-state index contributed by atoms with van der Waals surface area (Å²) in [7, 11) is 3.34. The maximum atomic E-state index is 13.5. The Morgan fingerprint density at radius 1 is 1.14 bits per heavy atom. The molecule has 2 N–H and O–H groups in total. The highest BCUT2D eigenvalue weighted by Gasteiger charge is 2.40. The Morgan fingerprint density at radius 3 is 2.38 bits per heavy atom. The monoisotopic (exact) mass is 507 g/mol. The third-order valence-electron chi connectivity index (χ3n) is 6.05. The Kier molecular flexibility index (Phi) is 6.23. The first-order chi connectivity index (χ1) is 17.4. The van der Waals surface area contributed by atoms with Gasteiger partial charge >= 0.3 is 12.1 Å². The van der Waals surface area contributed by atoms with Gasteiger partial charge in [0.05, 0.1) is 42.9 Å². The van der Waals surface area contributed by atoms with Gasteiger partial charge in [0.15, 0.2) is 6.54 Å². The van der Waals surface area contributed by atoms with Crippen molar-refractivity contribution in [2.45, 2.75) is 19.1 Å². The number of carbonyl (C=O) groups excluding carboxylic acids is 1. The predicted octanol–water partition coefficient (Wildman–Crippen LogP) is 3.76. The maximum Gasteiger partial charge on any atom is 0.416 e. The first-order valence-electron chi connectivity index (χ1n) is 11.0. The van der Waals surface area contributed by atoms with Crippen molar-refractivity contribution in [2.24, 2.45) is 5.73 Å². The summed E-state index contributed by atoms with van der Waals surface area (Å²) in [5.74, 6) is -0.254. The Morgan fingerprint density at radius 2 is 1.81 bits per heavy atom. The lowest BCUT2D eigenvalue weighted by atomic mass is 9.95. The van der Waals surface area contributed by atoms with Gasteiger partial charge in [-0.15, -0.1) is 4.98 Å². The van der Waals surface area contributed by atoms with Gasteiger partial charge in [0, 0.05) is 11.4 Å². The zero-order valence-corrected chi connectivity index (χ0v) is 20.2. The summed E-state index contributed by atoms with van der Waals surface area (Å²) in [6.07, 6.45) is -4.58. The van der Waals surface area contributed by atoms with Gasteiger partial charge in [0.25, 0.3) is 5.91 Å². The molecule has 2 heterocycles. The average molecular weight is 508 g/mol. The first-order valence-corrected chi connectivity index (χ1v) is 11.0. The minimum atomic E-state index is -4.58. The lowest BCUT2D eigenvalue weighted by Gasteiger charge is -2.34. The highest BCUT2D eigenvalue weighted by Crippen LogP contribution is 2.44. The Hall–Kier alpha value is -4.68. The number of aromatic nitrogens is 3. The molecule has 1 aliphatic rings. The number of anilines is 2. The van der Waals surface area contributed by atoms with Crippen molar-refractivity contribution >= 4 is 23.5 Å². The molecule has 12 heteroatoms. The van der Waals surface area contributed by atoms with Crippen LogP contribution < -0.4 is 15.1 Å². The molecule has 4 rings (SSSR count). The van der Waals surface area contributed by atoms with E-state index >= 15 is 0 Å². The number of amides is 1. The first kappa shape index (κ1) is 25.4. The van der Waals surface area contributed by atoms with Gasteiger partial charge in [-0.2, -0.15) is 23.7 Å². The van der Waals surface area contributed by atoms with Crippen LogP contribution in [-0.4, -0.2) is 41.3 Å². The molecular weight excluding hydrogens is 485 g/mol. The van der Waals surface area contributed by atoms with Crippen LogP contribution in [-0.2, 0) is 11.0 Å². The molecule has 0 saturated carbocycles. The number of alkyl halides is 3. The van der Waals surface area contributed by atoms with Crippen LogP contribution in [0.5, 0.6) is 0 Å². The Bertz CT molecular complexity index is 1490. The number of nitrogens with zero attached hydrogens (tertiary/aromatic N) is 7. The van der Waals surface area contributed by atoms with Crippen LogP contribution in [0.2, 0.25) is 0 Å². The van der Waals surface area contributed by atoms with E-state index in [0.29, 0.717) is 16.8 Å². The summed E-state index contributed by atoms with van der Waals surface area (Å²) >= 11 is 0. The Balaban J connectivity index is 1.98. The second-order valence-corrected chi connectivity index (χ2v) is 9.10. The van der Waals surface area contributed by atoms with E-state index in [2.05, 4.69) is 16.2 Å². The molecule has 0 aliphatic carbocycles. The number of allylic oxidation sites excluding steroid dienone is 2. The molecule has 1 aliphatic heterocycles.